The van der Waals surface area contributed by atoms with Crippen molar-refractivity contribution in [1.29, 1.82) is 0 Å². The van der Waals surface area contributed by atoms with Gasteiger partial charge in [-0.25, -0.2) is 9.59 Å². The van der Waals surface area contributed by atoms with Crippen LogP contribution in [0.5, 0.6) is 5.75 Å². The van der Waals surface area contributed by atoms with Crippen LogP contribution in [-0.2, 0) is 24.4 Å². The van der Waals surface area contributed by atoms with E-state index in [1.54, 1.807) is 12.1 Å². The molecule has 1 aromatic rings. The minimum Gasteiger partial charge on any atom is -0.456 e. The number of esters is 2. The highest BCUT2D eigenvalue weighted by molar-refractivity contribution is 14.1. The van der Waals surface area contributed by atoms with Crippen molar-refractivity contribution in [2.24, 2.45) is 0 Å². The van der Waals surface area contributed by atoms with E-state index in [4.69, 9.17) is 14.0 Å². The zero-order valence-corrected chi connectivity index (χ0v) is 19.9. The van der Waals surface area contributed by atoms with E-state index < -0.39 is 49.7 Å². The van der Waals surface area contributed by atoms with Gasteiger partial charge in [-0.15, -0.1) is 11.8 Å². The lowest BCUT2D eigenvalue weighted by molar-refractivity contribution is -0.185. The molecular weight excluding hydrogens is 664 g/mol. The molecule has 158 valence electrons. The fourth-order valence-corrected chi connectivity index (χ4v) is 6.39. The predicted octanol–water partition coefficient (Wildman–Crippen LogP) is 2.81. The van der Waals surface area contributed by atoms with Crippen LogP contribution < -0.4 is 4.74 Å². The number of hydrogen-bond donors (Lipinski definition) is 1. The van der Waals surface area contributed by atoms with Crippen LogP contribution in [0.1, 0.15) is 23.2 Å². The molecular formula is C15H10F2I2O8S2. The Balaban J connectivity index is 1.52. The number of benzene rings is 1. The van der Waals surface area contributed by atoms with E-state index in [0.717, 1.165) is 7.14 Å². The second-order valence-corrected chi connectivity index (χ2v) is 11.8. The molecule has 1 spiro atoms. The fourth-order valence-electron chi connectivity index (χ4n) is 3.43. The third-order valence-corrected chi connectivity index (χ3v) is 10.1. The Hall–Kier alpha value is -0.460. The lowest BCUT2D eigenvalue weighted by Gasteiger charge is -2.41. The Kier molecular flexibility index (Phi) is 5.27. The Morgan fingerprint density at radius 3 is 2.55 bits per heavy atom. The van der Waals surface area contributed by atoms with Crippen LogP contribution in [-0.4, -0.2) is 52.6 Å². The fraction of sp³-hybridized carbons (Fsp3) is 0.467. The summed E-state index contributed by atoms with van der Waals surface area (Å²) in [4.78, 5) is 24.0. The van der Waals surface area contributed by atoms with Crippen LogP contribution in [0, 0.1) is 7.14 Å². The molecule has 0 radical (unpaired) electrons. The van der Waals surface area contributed by atoms with Gasteiger partial charge in [0.25, 0.3) is 5.79 Å². The number of halogens is 4. The molecule has 29 heavy (non-hydrogen) atoms. The summed E-state index contributed by atoms with van der Waals surface area (Å²) in [5.74, 6) is -3.88. The highest BCUT2D eigenvalue weighted by Gasteiger charge is 2.64. The van der Waals surface area contributed by atoms with Gasteiger partial charge >= 0.3 is 27.3 Å². The van der Waals surface area contributed by atoms with Crippen molar-refractivity contribution < 1.29 is 45.6 Å². The second-order valence-electron chi connectivity index (χ2n) is 6.60. The molecule has 0 aromatic heterocycles. The van der Waals surface area contributed by atoms with Crippen molar-refractivity contribution in [2.75, 3.05) is 0 Å². The van der Waals surface area contributed by atoms with Crippen LogP contribution in [0.2, 0.25) is 0 Å². The van der Waals surface area contributed by atoms with Crippen molar-refractivity contribution in [2.45, 2.75) is 40.5 Å². The van der Waals surface area contributed by atoms with Gasteiger partial charge in [0.1, 0.15) is 17.4 Å². The molecule has 0 aliphatic carbocycles. The van der Waals surface area contributed by atoms with E-state index in [0.29, 0.717) is 5.75 Å². The summed E-state index contributed by atoms with van der Waals surface area (Å²) in [5.41, 5.74) is 0.281. The number of fused-ring (bicyclic) bond motifs is 4. The van der Waals surface area contributed by atoms with E-state index in [1.165, 1.54) is 11.8 Å². The molecule has 1 N–H and O–H groups in total. The average molecular weight is 674 g/mol. The first kappa shape index (κ1) is 21.8. The number of thioether (sulfide) groups is 1. The average Bonchev–Trinajstić information content (AvgIpc) is 3.13. The standard InChI is InChI=1S/C15H10F2I2O8S2/c16-15(17,29(22,23)24)13(21)25-9-3-11-14(4-10(9)28-11)26-8-2-7(19)6(18)1-5(8)12(20)27-14/h1-2,9-11H,3-4H2,(H,22,23,24). The number of carbonyl (C=O) groups is 2. The van der Waals surface area contributed by atoms with E-state index >= 15 is 0 Å². The normalized spacial score (nSPS) is 30.7. The number of carbonyl (C=O) groups excluding carboxylic acids is 2. The molecule has 2 fully saturated rings. The van der Waals surface area contributed by atoms with E-state index in [9.17, 15) is 26.8 Å². The van der Waals surface area contributed by atoms with Crippen molar-refractivity contribution >= 4 is 79.0 Å². The first-order valence-corrected chi connectivity index (χ1v) is 12.5. The first-order chi connectivity index (χ1) is 13.3. The van der Waals surface area contributed by atoms with Crippen LogP contribution in [0.15, 0.2) is 12.1 Å². The van der Waals surface area contributed by atoms with E-state index in [2.05, 4.69) is 49.9 Å². The van der Waals surface area contributed by atoms with Gasteiger partial charge in [0.15, 0.2) is 0 Å². The lowest BCUT2D eigenvalue weighted by atomic mass is 9.90. The maximum atomic E-state index is 13.4. The SMILES string of the molecule is O=C1OC2(CC3SC2CC3OC(=O)C(F)(F)S(=O)(=O)O)Oc2cc(I)c(I)cc21. The topological polar surface area (TPSA) is 116 Å². The predicted molar refractivity (Wildman–Crippen MR) is 111 cm³/mol. The van der Waals surface area contributed by atoms with Gasteiger partial charge in [0.2, 0.25) is 0 Å². The summed E-state index contributed by atoms with van der Waals surface area (Å²) < 4.78 is 74.7. The van der Waals surface area contributed by atoms with Crippen molar-refractivity contribution in [1.82, 2.24) is 0 Å². The van der Waals surface area contributed by atoms with Crippen LogP contribution in [0.3, 0.4) is 0 Å². The molecule has 3 aliphatic heterocycles. The Morgan fingerprint density at radius 2 is 1.97 bits per heavy atom. The summed E-state index contributed by atoms with van der Waals surface area (Å²) >= 11 is 5.43. The number of rotatable bonds is 3. The molecule has 3 aliphatic rings. The Morgan fingerprint density at radius 1 is 1.31 bits per heavy atom. The molecule has 4 atom stereocenters. The number of alkyl halides is 2. The summed E-state index contributed by atoms with van der Waals surface area (Å²) in [6, 6.07) is 3.36. The van der Waals surface area contributed by atoms with Crippen molar-refractivity contribution in [3.05, 3.63) is 24.8 Å². The molecule has 2 saturated heterocycles. The zero-order valence-electron chi connectivity index (χ0n) is 13.9. The Bertz CT molecular complexity index is 1030. The maximum Gasteiger partial charge on any atom is 0.465 e. The molecule has 14 heteroatoms. The summed E-state index contributed by atoms with van der Waals surface area (Å²) in [5, 5.41) is -6.10. The molecule has 2 bridgehead atoms. The largest absolute Gasteiger partial charge is 0.465 e. The highest BCUT2D eigenvalue weighted by atomic mass is 127. The molecule has 4 rings (SSSR count). The van der Waals surface area contributed by atoms with Gasteiger partial charge in [0, 0.05) is 25.2 Å². The first-order valence-electron chi connectivity index (χ1n) is 7.97. The van der Waals surface area contributed by atoms with Gasteiger partial charge in [-0.3, -0.25) is 4.55 Å². The molecule has 0 amide bonds. The molecule has 4 unspecified atom stereocenters. The number of hydrogen-bond acceptors (Lipinski definition) is 8. The minimum atomic E-state index is -5.94. The highest BCUT2D eigenvalue weighted by Crippen LogP contribution is 2.56. The molecule has 3 heterocycles. The molecule has 1 aromatic carbocycles. The van der Waals surface area contributed by atoms with Gasteiger partial charge < -0.3 is 14.2 Å². The molecule has 0 saturated carbocycles. The van der Waals surface area contributed by atoms with Crippen LogP contribution >= 0.6 is 56.9 Å². The van der Waals surface area contributed by atoms with Crippen LogP contribution in [0.25, 0.3) is 0 Å². The van der Waals surface area contributed by atoms with E-state index in [1.807, 2.05) is 0 Å². The zero-order chi connectivity index (χ0) is 21.4. The summed E-state index contributed by atoms with van der Waals surface area (Å²) in [7, 11) is -5.94. The summed E-state index contributed by atoms with van der Waals surface area (Å²) in [6.45, 7) is 0. The van der Waals surface area contributed by atoms with Gasteiger partial charge in [0.05, 0.1) is 5.25 Å². The smallest absolute Gasteiger partial charge is 0.456 e. The molecule has 8 nitrogen and oxygen atoms in total. The van der Waals surface area contributed by atoms with Gasteiger partial charge in [-0.05, 0) is 57.3 Å². The van der Waals surface area contributed by atoms with Crippen molar-refractivity contribution in [3.8, 4) is 5.75 Å². The van der Waals surface area contributed by atoms with Crippen LogP contribution in [0.4, 0.5) is 8.78 Å². The third kappa shape index (κ3) is 3.51. The van der Waals surface area contributed by atoms with Crippen molar-refractivity contribution in [3.63, 3.8) is 0 Å². The second kappa shape index (κ2) is 7.03. The Labute approximate surface area is 194 Å². The van der Waals surface area contributed by atoms with Gasteiger partial charge in [-0.2, -0.15) is 17.2 Å². The maximum absolute atomic E-state index is 13.4. The number of ether oxygens (including phenoxy) is 3. The third-order valence-electron chi connectivity index (χ3n) is 4.79. The van der Waals surface area contributed by atoms with E-state index in [-0.39, 0.29) is 18.4 Å². The summed E-state index contributed by atoms with van der Waals surface area (Å²) in [6.07, 6.45) is -0.936. The minimum absolute atomic E-state index is 0.0205. The monoisotopic (exact) mass is 674 g/mol. The lowest BCUT2D eigenvalue weighted by Crippen LogP contribution is -2.54. The quantitative estimate of drug-likeness (QED) is 0.294. The van der Waals surface area contributed by atoms with Gasteiger partial charge in [-0.1, -0.05) is 0 Å².